The van der Waals surface area contributed by atoms with E-state index in [4.69, 9.17) is 5.11 Å². The van der Waals surface area contributed by atoms with Crippen molar-refractivity contribution in [1.82, 2.24) is 5.32 Å². The Hall–Kier alpha value is -1.10. The highest BCUT2D eigenvalue weighted by Crippen LogP contribution is 2.58. The number of aliphatic hydroxyl groups is 1. The molecule has 3 N–H and O–H groups in total. The number of carbonyl (C=O) groups excluding carboxylic acids is 1. The first-order valence-electron chi connectivity index (χ1n) is 6.36. The second-order valence-corrected chi connectivity index (χ2v) is 6.14. The van der Waals surface area contributed by atoms with Crippen LogP contribution in [-0.4, -0.2) is 34.7 Å². The second-order valence-electron chi connectivity index (χ2n) is 6.14. The highest BCUT2D eigenvalue weighted by atomic mass is 16.4. The van der Waals surface area contributed by atoms with E-state index in [-0.39, 0.29) is 12.5 Å². The molecule has 18 heavy (non-hydrogen) atoms. The SMILES string of the molecule is CC(C)CC(O)CNC(=O)[C@H]1[C@@H](C(=O)O)C1(C)C. The molecule has 0 aromatic rings. The van der Waals surface area contributed by atoms with E-state index in [0.29, 0.717) is 12.3 Å². The van der Waals surface area contributed by atoms with Gasteiger partial charge in [-0.2, -0.15) is 0 Å². The van der Waals surface area contributed by atoms with Crippen LogP contribution in [0.3, 0.4) is 0 Å². The molecule has 104 valence electrons. The predicted molar refractivity (Wildman–Crippen MR) is 66.9 cm³/mol. The molecule has 1 rings (SSSR count). The van der Waals surface area contributed by atoms with Gasteiger partial charge in [0.15, 0.2) is 0 Å². The molecule has 5 heteroatoms. The number of aliphatic hydroxyl groups excluding tert-OH is 1. The molecule has 1 fully saturated rings. The van der Waals surface area contributed by atoms with Gasteiger partial charge < -0.3 is 15.5 Å². The van der Waals surface area contributed by atoms with E-state index in [9.17, 15) is 14.7 Å². The van der Waals surface area contributed by atoms with Crippen molar-refractivity contribution in [1.29, 1.82) is 0 Å². The van der Waals surface area contributed by atoms with Crippen molar-refractivity contribution in [3.63, 3.8) is 0 Å². The van der Waals surface area contributed by atoms with Crippen molar-refractivity contribution in [3.05, 3.63) is 0 Å². The summed E-state index contributed by atoms with van der Waals surface area (Å²) in [5.41, 5.74) is -0.487. The largest absolute Gasteiger partial charge is 0.481 e. The van der Waals surface area contributed by atoms with Gasteiger partial charge >= 0.3 is 5.97 Å². The Balaban J connectivity index is 2.41. The van der Waals surface area contributed by atoms with Crippen molar-refractivity contribution >= 4 is 11.9 Å². The van der Waals surface area contributed by atoms with Crippen LogP contribution in [0.4, 0.5) is 0 Å². The molecule has 1 unspecified atom stereocenters. The molecule has 0 heterocycles. The van der Waals surface area contributed by atoms with Crippen molar-refractivity contribution in [2.45, 2.75) is 40.2 Å². The third kappa shape index (κ3) is 3.22. The van der Waals surface area contributed by atoms with Gasteiger partial charge in [-0.1, -0.05) is 27.7 Å². The molecule has 0 saturated heterocycles. The van der Waals surface area contributed by atoms with Gasteiger partial charge in [-0.05, 0) is 17.8 Å². The topological polar surface area (TPSA) is 86.6 Å². The lowest BCUT2D eigenvalue weighted by Gasteiger charge is -2.14. The van der Waals surface area contributed by atoms with Gasteiger partial charge in [-0.3, -0.25) is 9.59 Å². The van der Waals surface area contributed by atoms with Crippen molar-refractivity contribution in [2.24, 2.45) is 23.2 Å². The molecule has 5 nitrogen and oxygen atoms in total. The van der Waals surface area contributed by atoms with E-state index >= 15 is 0 Å². The lowest BCUT2D eigenvalue weighted by Crippen LogP contribution is -2.34. The predicted octanol–water partition coefficient (Wildman–Crippen LogP) is 0.866. The van der Waals surface area contributed by atoms with Crippen LogP contribution in [0.15, 0.2) is 0 Å². The van der Waals surface area contributed by atoms with Crippen molar-refractivity contribution in [2.75, 3.05) is 6.54 Å². The van der Waals surface area contributed by atoms with Gasteiger partial charge in [-0.25, -0.2) is 0 Å². The van der Waals surface area contributed by atoms with Crippen molar-refractivity contribution in [3.8, 4) is 0 Å². The van der Waals surface area contributed by atoms with Gasteiger partial charge in [0.1, 0.15) is 0 Å². The number of carboxylic acid groups (broad SMARTS) is 1. The summed E-state index contributed by atoms with van der Waals surface area (Å²) in [4.78, 5) is 22.8. The van der Waals surface area contributed by atoms with Gasteiger partial charge in [-0.15, -0.1) is 0 Å². The number of rotatable bonds is 6. The Labute approximate surface area is 108 Å². The molecule has 0 radical (unpaired) electrons. The average molecular weight is 257 g/mol. The quantitative estimate of drug-likeness (QED) is 0.659. The zero-order valence-electron chi connectivity index (χ0n) is 11.4. The van der Waals surface area contributed by atoms with E-state index in [1.54, 1.807) is 13.8 Å². The molecule has 0 bridgehead atoms. The molecule has 1 saturated carbocycles. The zero-order chi connectivity index (χ0) is 14.1. The van der Waals surface area contributed by atoms with Crippen LogP contribution in [0.1, 0.15) is 34.1 Å². The average Bonchev–Trinajstić information content (AvgIpc) is 2.77. The summed E-state index contributed by atoms with van der Waals surface area (Å²) in [7, 11) is 0. The van der Waals surface area contributed by atoms with Crippen LogP contribution in [0.2, 0.25) is 0 Å². The fourth-order valence-corrected chi connectivity index (χ4v) is 2.54. The number of hydrogen-bond donors (Lipinski definition) is 3. The first-order valence-corrected chi connectivity index (χ1v) is 6.36. The third-order valence-electron chi connectivity index (χ3n) is 3.63. The molecule has 1 aliphatic carbocycles. The van der Waals surface area contributed by atoms with Crippen LogP contribution in [-0.2, 0) is 9.59 Å². The fourth-order valence-electron chi connectivity index (χ4n) is 2.54. The molecule has 0 aromatic carbocycles. The summed E-state index contributed by atoms with van der Waals surface area (Å²) in [6, 6.07) is 0. The molecule has 0 spiro atoms. The normalized spacial score (nSPS) is 26.8. The summed E-state index contributed by atoms with van der Waals surface area (Å²) >= 11 is 0. The number of nitrogens with one attached hydrogen (secondary N) is 1. The molecule has 0 aliphatic heterocycles. The number of carboxylic acids is 1. The summed E-state index contributed by atoms with van der Waals surface area (Å²) in [6.07, 6.45) is 0.0514. The smallest absolute Gasteiger partial charge is 0.307 e. The van der Waals surface area contributed by atoms with Gasteiger partial charge in [0.25, 0.3) is 0 Å². The van der Waals surface area contributed by atoms with E-state index in [1.807, 2.05) is 13.8 Å². The Bertz CT molecular complexity index is 338. The highest BCUT2D eigenvalue weighted by Gasteiger charge is 2.65. The third-order valence-corrected chi connectivity index (χ3v) is 3.63. The van der Waals surface area contributed by atoms with E-state index in [1.165, 1.54) is 0 Å². The highest BCUT2D eigenvalue weighted by molar-refractivity contribution is 5.91. The minimum Gasteiger partial charge on any atom is -0.481 e. The number of amides is 1. The lowest BCUT2D eigenvalue weighted by atomic mass is 10.1. The second kappa shape index (κ2) is 5.26. The molecule has 1 amide bonds. The summed E-state index contributed by atoms with van der Waals surface area (Å²) in [5, 5.41) is 21.3. The first kappa shape index (κ1) is 15.0. The van der Waals surface area contributed by atoms with Crippen LogP contribution in [0.25, 0.3) is 0 Å². The number of carbonyl (C=O) groups is 2. The van der Waals surface area contributed by atoms with Gasteiger partial charge in [0.2, 0.25) is 5.91 Å². The molecule has 3 atom stereocenters. The monoisotopic (exact) mass is 257 g/mol. The van der Waals surface area contributed by atoms with E-state index < -0.39 is 29.3 Å². The Kier molecular flexibility index (Phi) is 4.37. The number of aliphatic carboxylic acids is 1. The maximum atomic E-state index is 11.8. The molecule has 1 aliphatic rings. The summed E-state index contributed by atoms with van der Waals surface area (Å²) in [5.74, 6) is -1.93. The van der Waals surface area contributed by atoms with Crippen molar-refractivity contribution < 1.29 is 19.8 Å². The minimum absolute atomic E-state index is 0.190. The molecule has 0 aromatic heterocycles. The Morgan fingerprint density at radius 2 is 1.83 bits per heavy atom. The standard InChI is InChI=1S/C13H23NO4/c1-7(2)5-8(15)6-14-11(16)9-10(12(17)18)13(9,3)4/h7-10,15H,5-6H2,1-4H3,(H,14,16)(H,17,18)/t8?,9-,10+/m1/s1. The molecular weight excluding hydrogens is 234 g/mol. The maximum absolute atomic E-state index is 11.8. The Morgan fingerprint density at radius 3 is 2.22 bits per heavy atom. The van der Waals surface area contributed by atoms with Crippen LogP contribution in [0.5, 0.6) is 0 Å². The van der Waals surface area contributed by atoms with E-state index in [0.717, 1.165) is 0 Å². The first-order chi connectivity index (χ1) is 8.17. The molecular formula is C13H23NO4. The number of hydrogen-bond acceptors (Lipinski definition) is 3. The fraction of sp³-hybridized carbons (Fsp3) is 0.846. The van der Waals surface area contributed by atoms with Crippen LogP contribution >= 0.6 is 0 Å². The van der Waals surface area contributed by atoms with Crippen LogP contribution in [0, 0.1) is 23.2 Å². The summed E-state index contributed by atoms with van der Waals surface area (Å²) < 4.78 is 0. The van der Waals surface area contributed by atoms with Gasteiger partial charge in [0.05, 0.1) is 17.9 Å². The Morgan fingerprint density at radius 1 is 1.28 bits per heavy atom. The zero-order valence-corrected chi connectivity index (χ0v) is 11.4. The lowest BCUT2D eigenvalue weighted by molar-refractivity contribution is -0.140. The van der Waals surface area contributed by atoms with Gasteiger partial charge in [0, 0.05) is 6.54 Å². The minimum atomic E-state index is -0.928. The summed E-state index contributed by atoms with van der Waals surface area (Å²) in [6.45, 7) is 7.74. The maximum Gasteiger partial charge on any atom is 0.307 e. The van der Waals surface area contributed by atoms with E-state index in [2.05, 4.69) is 5.32 Å². The van der Waals surface area contributed by atoms with Crippen LogP contribution < -0.4 is 5.32 Å².